The molecule has 1 atom stereocenters. The number of anilines is 1. The van der Waals surface area contributed by atoms with E-state index in [2.05, 4.69) is 0 Å². The first-order chi connectivity index (χ1) is 10.6. The third-order valence-corrected chi connectivity index (χ3v) is 4.48. The van der Waals surface area contributed by atoms with Gasteiger partial charge in [0.25, 0.3) is 5.91 Å². The molecule has 0 bridgehead atoms. The van der Waals surface area contributed by atoms with Crippen molar-refractivity contribution < 1.29 is 9.59 Å². The lowest BCUT2D eigenvalue weighted by atomic mass is 9.95. The summed E-state index contributed by atoms with van der Waals surface area (Å²) in [5.41, 5.74) is 4.05. The molecule has 3 amide bonds. The molecule has 2 aliphatic heterocycles. The first-order valence-electron chi connectivity index (χ1n) is 7.43. The number of hydrogen-bond acceptors (Lipinski definition) is 2. The van der Waals surface area contributed by atoms with Gasteiger partial charge in [-0.15, -0.1) is 0 Å². The summed E-state index contributed by atoms with van der Waals surface area (Å²) in [6.07, 6.45) is 0.600. The summed E-state index contributed by atoms with van der Waals surface area (Å²) in [6.45, 7) is 2.49. The molecule has 0 aliphatic carbocycles. The molecule has 0 unspecified atom stereocenters. The van der Waals surface area contributed by atoms with Crippen LogP contribution in [-0.4, -0.2) is 22.9 Å². The zero-order chi connectivity index (χ0) is 15.3. The van der Waals surface area contributed by atoms with Gasteiger partial charge >= 0.3 is 6.03 Å². The van der Waals surface area contributed by atoms with Crippen LogP contribution in [0.3, 0.4) is 0 Å². The van der Waals surface area contributed by atoms with Crippen LogP contribution in [0, 0.1) is 6.92 Å². The number of carbonyl (C=O) groups is 2. The Morgan fingerprint density at radius 1 is 0.955 bits per heavy atom. The van der Waals surface area contributed by atoms with Gasteiger partial charge in [-0.05, 0) is 30.2 Å². The van der Waals surface area contributed by atoms with Crippen LogP contribution in [0.25, 0.3) is 0 Å². The number of aryl methyl sites for hydroxylation is 1. The van der Waals surface area contributed by atoms with Crippen molar-refractivity contribution in [1.29, 1.82) is 0 Å². The number of carbonyl (C=O) groups excluding carboxylic acids is 2. The summed E-state index contributed by atoms with van der Waals surface area (Å²) < 4.78 is 0. The van der Waals surface area contributed by atoms with E-state index >= 15 is 0 Å². The molecule has 0 saturated carbocycles. The van der Waals surface area contributed by atoms with Crippen LogP contribution in [0.5, 0.6) is 0 Å². The first kappa shape index (κ1) is 13.1. The van der Waals surface area contributed by atoms with Crippen molar-refractivity contribution in [2.24, 2.45) is 0 Å². The topological polar surface area (TPSA) is 40.6 Å². The Bertz CT molecular complexity index is 724. The molecule has 0 aromatic heterocycles. The smallest absolute Gasteiger partial charge is 0.307 e. The number of benzene rings is 2. The monoisotopic (exact) mass is 292 g/mol. The van der Waals surface area contributed by atoms with Crippen LogP contribution < -0.4 is 4.90 Å². The highest BCUT2D eigenvalue weighted by molar-refractivity contribution is 6.21. The van der Waals surface area contributed by atoms with E-state index < -0.39 is 0 Å². The minimum Gasteiger partial charge on any atom is -0.307 e. The van der Waals surface area contributed by atoms with E-state index in [4.69, 9.17) is 0 Å². The van der Waals surface area contributed by atoms with E-state index in [9.17, 15) is 9.59 Å². The third-order valence-electron chi connectivity index (χ3n) is 4.48. The van der Waals surface area contributed by atoms with E-state index in [0.29, 0.717) is 18.7 Å². The van der Waals surface area contributed by atoms with E-state index in [-0.39, 0.29) is 18.0 Å². The van der Waals surface area contributed by atoms with Crippen molar-refractivity contribution in [2.75, 3.05) is 4.90 Å². The molecule has 2 aromatic rings. The van der Waals surface area contributed by atoms with Crippen LogP contribution >= 0.6 is 0 Å². The minimum absolute atomic E-state index is 0.122. The standard InChI is InChI=1S/C18H16N2O2/c1-12-6-8-15(9-7-12)20-17(21)16-10-13-4-2-3-5-14(13)11-19(16)18(20)22/h2-9,16H,10-11H2,1H3/t16-/m0/s1. The summed E-state index contributed by atoms with van der Waals surface area (Å²) in [4.78, 5) is 28.4. The molecule has 2 heterocycles. The van der Waals surface area contributed by atoms with Crippen molar-refractivity contribution in [3.8, 4) is 0 Å². The average molecular weight is 292 g/mol. The second-order valence-electron chi connectivity index (χ2n) is 5.91. The molecular weight excluding hydrogens is 276 g/mol. The van der Waals surface area contributed by atoms with Gasteiger partial charge in [0.1, 0.15) is 6.04 Å². The largest absolute Gasteiger partial charge is 0.332 e. The average Bonchev–Trinajstić information content (AvgIpc) is 2.78. The van der Waals surface area contributed by atoms with Crippen molar-refractivity contribution >= 4 is 17.6 Å². The highest BCUT2D eigenvalue weighted by atomic mass is 16.2. The fraction of sp³-hybridized carbons (Fsp3) is 0.222. The van der Waals surface area contributed by atoms with E-state index in [0.717, 1.165) is 16.7 Å². The molecule has 110 valence electrons. The molecular formula is C18H16N2O2. The van der Waals surface area contributed by atoms with Gasteiger partial charge in [-0.1, -0.05) is 42.0 Å². The van der Waals surface area contributed by atoms with Crippen LogP contribution in [0.15, 0.2) is 48.5 Å². The Kier molecular flexibility index (Phi) is 2.79. The molecule has 1 fully saturated rings. The van der Waals surface area contributed by atoms with Gasteiger partial charge in [-0.25, -0.2) is 9.69 Å². The van der Waals surface area contributed by atoms with Crippen LogP contribution in [0.4, 0.5) is 10.5 Å². The number of urea groups is 1. The van der Waals surface area contributed by atoms with Crippen molar-refractivity contribution in [3.05, 3.63) is 65.2 Å². The Labute approximate surface area is 129 Å². The van der Waals surface area contributed by atoms with Crippen LogP contribution in [0.1, 0.15) is 16.7 Å². The molecule has 2 aromatic carbocycles. The van der Waals surface area contributed by atoms with Gasteiger partial charge in [0.2, 0.25) is 0 Å². The Balaban J connectivity index is 1.71. The van der Waals surface area contributed by atoms with Gasteiger partial charge < -0.3 is 4.90 Å². The van der Waals surface area contributed by atoms with E-state index in [1.807, 2.05) is 55.5 Å². The maximum absolute atomic E-state index is 12.7. The quantitative estimate of drug-likeness (QED) is 0.758. The Morgan fingerprint density at radius 2 is 1.64 bits per heavy atom. The lowest BCUT2D eigenvalue weighted by Gasteiger charge is -2.28. The normalized spacial score (nSPS) is 20.1. The summed E-state index contributed by atoms with van der Waals surface area (Å²) in [5.74, 6) is -0.122. The second kappa shape index (κ2) is 4.70. The number of fused-ring (bicyclic) bond motifs is 2. The van der Waals surface area contributed by atoms with Gasteiger partial charge in [0.05, 0.1) is 5.69 Å². The maximum atomic E-state index is 12.7. The van der Waals surface area contributed by atoms with Crippen molar-refractivity contribution in [3.63, 3.8) is 0 Å². The highest BCUT2D eigenvalue weighted by Crippen LogP contribution is 2.32. The lowest BCUT2D eigenvalue weighted by molar-refractivity contribution is -0.119. The van der Waals surface area contributed by atoms with E-state index in [1.165, 1.54) is 4.90 Å². The number of nitrogens with zero attached hydrogens (tertiary/aromatic N) is 2. The fourth-order valence-electron chi connectivity index (χ4n) is 3.25. The molecule has 1 saturated heterocycles. The summed E-state index contributed by atoms with van der Waals surface area (Å²) in [6, 6.07) is 14.9. The molecule has 4 heteroatoms. The summed E-state index contributed by atoms with van der Waals surface area (Å²) in [7, 11) is 0. The van der Waals surface area contributed by atoms with Gasteiger partial charge in [-0.3, -0.25) is 4.79 Å². The predicted molar refractivity (Wildman–Crippen MR) is 83.5 cm³/mol. The zero-order valence-electron chi connectivity index (χ0n) is 12.3. The molecule has 0 spiro atoms. The Morgan fingerprint density at radius 3 is 2.36 bits per heavy atom. The SMILES string of the molecule is Cc1ccc(N2C(=O)[C@@H]3Cc4ccccc4CN3C2=O)cc1. The first-order valence-corrected chi connectivity index (χ1v) is 7.43. The third kappa shape index (κ3) is 1.84. The predicted octanol–water partition coefficient (Wildman–Crippen LogP) is 2.89. The number of amides is 3. The number of rotatable bonds is 1. The van der Waals surface area contributed by atoms with E-state index in [1.54, 1.807) is 4.90 Å². The van der Waals surface area contributed by atoms with Gasteiger partial charge in [0, 0.05) is 13.0 Å². The number of hydrogen-bond donors (Lipinski definition) is 0. The lowest BCUT2D eigenvalue weighted by Crippen LogP contribution is -2.39. The molecule has 2 aliphatic rings. The number of imide groups is 1. The summed E-state index contributed by atoms with van der Waals surface area (Å²) in [5, 5.41) is 0. The highest BCUT2D eigenvalue weighted by Gasteiger charge is 2.47. The molecule has 4 rings (SSSR count). The maximum Gasteiger partial charge on any atom is 0.332 e. The van der Waals surface area contributed by atoms with Gasteiger partial charge in [0.15, 0.2) is 0 Å². The molecule has 0 N–H and O–H groups in total. The fourth-order valence-corrected chi connectivity index (χ4v) is 3.25. The second-order valence-corrected chi connectivity index (χ2v) is 5.91. The van der Waals surface area contributed by atoms with Crippen molar-refractivity contribution in [2.45, 2.75) is 25.9 Å². The molecule has 4 nitrogen and oxygen atoms in total. The van der Waals surface area contributed by atoms with Crippen LogP contribution in [0.2, 0.25) is 0 Å². The molecule has 0 radical (unpaired) electrons. The van der Waals surface area contributed by atoms with Crippen molar-refractivity contribution in [1.82, 2.24) is 4.90 Å². The zero-order valence-corrected chi connectivity index (χ0v) is 12.3. The van der Waals surface area contributed by atoms with Crippen LogP contribution in [-0.2, 0) is 17.8 Å². The molecule has 22 heavy (non-hydrogen) atoms. The summed E-state index contributed by atoms with van der Waals surface area (Å²) >= 11 is 0. The van der Waals surface area contributed by atoms with Gasteiger partial charge in [-0.2, -0.15) is 0 Å². The minimum atomic E-state index is -0.372. The Hall–Kier alpha value is -2.62.